The highest BCUT2D eigenvalue weighted by Gasteiger charge is 2.06. The number of rotatable bonds is 3. The molecule has 0 bridgehead atoms. The molecule has 0 aliphatic carbocycles. The van der Waals surface area contributed by atoms with Gasteiger partial charge in [0.2, 0.25) is 0 Å². The molecule has 0 spiro atoms. The van der Waals surface area contributed by atoms with Crippen molar-refractivity contribution in [3.63, 3.8) is 0 Å². The molecule has 2 aromatic carbocycles. The second-order valence-corrected chi connectivity index (χ2v) is 4.62. The smallest absolute Gasteiger partial charge is 0.0670 e. The van der Waals surface area contributed by atoms with Gasteiger partial charge in [-0.2, -0.15) is 0 Å². The number of benzene rings is 2. The molecule has 1 nitrogen and oxygen atoms in total. The van der Waals surface area contributed by atoms with Crippen molar-refractivity contribution in [2.24, 2.45) is 5.73 Å². The largest absolute Gasteiger partial charge is 0.330 e. The number of nitrogens with two attached hydrogens (primary N) is 1. The summed E-state index contributed by atoms with van der Waals surface area (Å²) in [5.41, 5.74) is 8.77. The van der Waals surface area contributed by atoms with Gasteiger partial charge in [-0.05, 0) is 30.2 Å². The Labute approximate surface area is 111 Å². The van der Waals surface area contributed by atoms with E-state index in [4.69, 9.17) is 28.9 Å². The van der Waals surface area contributed by atoms with Crippen LogP contribution >= 0.6 is 23.2 Å². The zero-order valence-corrected chi connectivity index (χ0v) is 10.8. The van der Waals surface area contributed by atoms with Crippen molar-refractivity contribution in [2.75, 3.05) is 6.54 Å². The van der Waals surface area contributed by atoms with Crippen LogP contribution in [-0.2, 0) is 6.42 Å². The van der Waals surface area contributed by atoms with Gasteiger partial charge in [0.15, 0.2) is 0 Å². The summed E-state index contributed by atoms with van der Waals surface area (Å²) in [6, 6.07) is 13.9. The molecule has 0 amide bonds. The molecule has 0 aliphatic heterocycles. The molecule has 0 radical (unpaired) electrons. The molecule has 2 N–H and O–H groups in total. The van der Waals surface area contributed by atoms with Crippen molar-refractivity contribution >= 4 is 23.2 Å². The van der Waals surface area contributed by atoms with Crippen molar-refractivity contribution in [3.05, 3.63) is 58.1 Å². The Hall–Kier alpha value is -1.02. The van der Waals surface area contributed by atoms with Crippen LogP contribution in [0.4, 0.5) is 0 Å². The Balaban J connectivity index is 2.36. The lowest BCUT2D eigenvalue weighted by Crippen LogP contribution is -2.02. The number of halogens is 2. The molecule has 0 heterocycles. The first-order chi connectivity index (χ1) is 8.22. The average Bonchev–Trinajstić information content (AvgIpc) is 2.34. The first kappa shape index (κ1) is 12.4. The Morgan fingerprint density at radius 3 is 2.29 bits per heavy atom. The van der Waals surface area contributed by atoms with Gasteiger partial charge in [-0.1, -0.05) is 59.6 Å². The molecule has 0 atom stereocenters. The van der Waals surface area contributed by atoms with Crippen LogP contribution in [0.3, 0.4) is 0 Å². The molecule has 0 fully saturated rings. The monoisotopic (exact) mass is 265 g/mol. The lowest BCUT2D eigenvalue weighted by atomic mass is 10.0. The van der Waals surface area contributed by atoms with E-state index in [1.165, 1.54) is 5.56 Å². The van der Waals surface area contributed by atoms with Gasteiger partial charge >= 0.3 is 0 Å². The fraction of sp³-hybridized carbons (Fsp3) is 0.143. The highest BCUT2D eigenvalue weighted by Crippen LogP contribution is 2.33. The summed E-state index contributed by atoms with van der Waals surface area (Å²) in [4.78, 5) is 0. The fourth-order valence-electron chi connectivity index (χ4n) is 1.74. The van der Waals surface area contributed by atoms with E-state index < -0.39 is 0 Å². The van der Waals surface area contributed by atoms with Gasteiger partial charge in [0.1, 0.15) is 0 Å². The Morgan fingerprint density at radius 2 is 1.65 bits per heavy atom. The topological polar surface area (TPSA) is 26.0 Å². The van der Waals surface area contributed by atoms with Crippen LogP contribution in [-0.4, -0.2) is 6.54 Å². The van der Waals surface area contributed by atoms with Crippen LogP contribution in [0, 0.1) is 0 Å². The van der Waals surface area contributed by atoms with Crippen molar-refractivity contribution in [1.29, 1.82) is 0 Å². The van der Waals surface area contributed by atoms with Gasteiger partial charge in [-0.25, -0.2) is 0 Å². The van der Waals surface area contributed by atoms with Crippen molar-refractivity contribution in [1.82, 2.24) is 0 Å². The average molecular weight is 266 g/mol. The van der Waals surface area contributed by atoms with Crippen molar-refractivity contribution < 1.29 is 0 Å². The molecule has 0 aliphatic rings. The van der Waals surface area contributed by atoms with Gasteiger partial charge in [0.05, 0.1) is 10.0 Å². The van der Waals surface area contributed by atoms with E-state index >= 15 is 0 Å². The van der Waals surface area contributed by atoms with Gasteiger partial charge in [0, 0.05) is 5.56 Å². The summed E-state index contributed by atoms with van der Waals surface area (Å²) in [5, 5.41) is 1.18. The van der Waals surface area contributed by atoms with E-state index in [0.29, 0.717) is 16.6 Å². The predicted octanol–water partition coefficient (Wildman–Crippen LogP) is 4.16. The fourth-order valence-corrected chi connectivity index (χ4v) is 2.15. The lowest BCUT2D eigenvalue weighted by Gasteiger charge is -2.07. The van der Waals surface area contributed by atoms with E-state index in [-0.39, 0.29) is 0 Å². The lowest BCUT2D eigenvalue weighted by molar-refractivity contribution is 0.969. The standard InChI is InChI=1S/C14H13Cl2N/c15-13-3-1-2-12(14(13)16)11-6-4-10(5-7-11)8-9-17/h1-7H,8-9,17H2. The van der Waals surface area contributed by atoms with E-state index in [0.717, 1.165) is 17.5 Å². The van der Waals surface area contributed by atoms with Crippen molar-refractivity contribution in [3.8, 4) is 11.1 Å². The highest BCUT2D eigenvalue weighted by atomic mass is 35.5. The van der Waals surface area contributed by atoms with Gasteiger partial charge in [-0.15, -0.1) is 0 Å². The highest BCUT2D eigenvalue weighted by molar-refractivity contribution is 6.43. The molecular formula is C14H13Cl2N. The van der Waals surface area contributed by atoms with Crippen molar-refractivity contribution in [2.45, 2.75) is 6.42 Å². The van der Waals surface area contributed by atoms with Crippen LogP contribution in [0.2, 0.25) is 10.0 Å². The molecule has 88 valence electrons. The maximum Gasteiger partial charge on any atom is 0.0670 e. The minimum Gasteiger partial charge on any atom is -0.330 e. The van der Waals surface area contributed by atoms with E-state index in [1.54, 1.807) is 6.07 Å². The maximum absolute atomic E-state index is 6.18. The number of hydrogen-bond donors (Lipinski definition) is 1. The molecule has 0 aromatic heterocycles. The number of hydrogen-bond acceptors (Lipinski definition) is 1. The van der Waals surface area contributed by atoms with Crippen LogP contribution in [0.15, 0.2) is 42.5 Å². The third kappa shape index (κ3) is 2.81. The minimum absolute atomic E-state index is 0.579. The first-order valence-electron chi connectivity index (χ1n) is 5.46. The zero-order valence-electron chi connectivity index (χ0n) is 9.29. The summed E-state index contributed by atoms with van der Waals surface area (Å²) >= 11 is 12.2. The van der Waals surface area contributed by atoms with Crippen LogP contribution < -0.4 is 5.73 Å². The SMILES string of the molecule is NCCc1ccc(-c2cccc(Cl)c2Cl)cc1. The minimum atomic E-state index is 0.579. The van der Waals surface area contributed by atoms with E-state index in [2.05, 4.69) is 12.1 Å². The van der Waals surface area contributed by atoms with Crippen LogP contribution in [0.25, 0.3) is 11.1 Å². The van der Waals surface area contributed by atoms with Crippen LogP contribution in [0.5, 0.6) is 0 Å². The Morgan fingerprint density at radius 1 is 0.941 bits per heavy atom. The summed E-state index contributed by atoms with van der Waals surface area (Å²) in [6.45, 7) is 0.664. The Kier molecular flexibility index (Phi) is 4.06. The second kappa shape index (κ2) is 5.54. The molecule has 0 unspecified atom stereocenters. The van der Waals surface area contributed by atoms with Crippen LogP contribution in [0.1, 0.15) is 5.56 Å². The normalized spacial score (nSPS) is 10.5. The molecule has 17 heavy (non-hydrogen) atoms. The quantitative estimate of drug-likeness (QED) is 0.886. The maximum atomic E-state index is 6.18. The molecular weight excluding hydrogens is 253 g/mol. The predicted molar refractivity (Wildman–Crippen MR) is 74.7 cm³/mol. The zero-order chi connectivity index (χ0) is 12.3. The van der Waals surface area contributed by atoms with E-state index in [9.17, 15) is 0 Å². The molecule has 2 rings (SSSR count). The summed E-state index contributed by atoms with van der Waals surface area (Å²) in [6.07, 6.45) is 0.892. The molecule has 0 saturated heterocycles. The van der Waals surface area contributed by atoms with E-state index in [1.807, 2.05) is 24.3 Å². The van der Waals surface area contributed by atoms with Gasteiger partial charge < -0.3 is 5.73 Å². The summed E-state index contributed by atoms with van der Waals surface area (Å²) in [7, 11) is 0. The summed E-state index contributed by atoms with van der Waals surface area (Å²) in [5.74, 6) is 0. The molecule has 0 saturated carbocycles. The van der Waals surface area contributed by atoms with Gasteiger partial charge in [0.25, 0.3) is 0 Å². The molecule has 3 heteroatoms. The third-order valence-electron chi connectivity index (χ3n) is 2.65. The molecule has 2 aromatic rings. The van der Waals surface area contributed by atoms with Gasteiger partial charge in [-0.3, -0.25) is 0 Å². The Bertz CT molecular complexity index is 506. The second-order valence-electron chi connectivity index (χ2n) is 3.84. The first-order valence-corrected chi connectivity index (χ1v) is 6.21. The third-order valence-corrected chi connectivity index (χ3v) is 3.47. The summed E-state index contributed by atoms with van der Waals surface area (Å²) < 4.78 is 0.